The minimum atomic E-state index is -0.136. The van der Waals surface area contributed by atoms with Crippen LogP contribution in [0.3, 0.4) is 0 Å². The molecule has 0 aromatic carbocycles. The van der Waals surface area contributed by atoms with E-state index in [1.165, 1.54) is 0 Å². The topological polar surface area (TPSA) is 29.9 Å². The number of hydrogen-bond acceptors (Lipinski definition) is 2. The molecule has 0 fully saturated rings. The zero-order valence-electron chi connectivity index (χ0n) is 10.4. The summed E-state index contributed by atoms with van der Waals surface area (Å²) in [4.78, 5) is 0. The second kappa shape index (κ2) is 4.94. The molecule has 0 bridgehead atoms. The molecule has 1 heterocycles. The Hall–Kier alpha value is -0.250. The molecule has 0 amide bonds. The Morgan fingerprint density at radius 3 is 2.44 bits per heavy atom. The van der Waals surface area contributed by atoms with Crippen LogP contribution in [0.1, 0.15) is 32.2 Å². The van der Waals surface area contributed by atoms with E-state index in [-0.39, 0.29) is 10.9 Å². The second-order valence-electron chi connectivity index (χ2n) is 4.66. The molecule has 1 atom stereocenters. The van der Waals surface area contributed by atoms with Gasteiger partial charge in [-0.2, -0.15) is 5.10 Å². The van der Waals surface area contributed by atoms with Crippen LogP contribution in [0.5, 0.6) is 0 Å². The molecule has 1 aromatic heterocycles. The first-order valence-corrected chi connectivity index (χ1v) is 6.14. The summed E-state index contributed by atoms with van der Waals surface area (Å²) in [6, 6.07) is 0. The van der Waals surface area contributed by atoms with E-state index in [1.807, 2.05) is 20.9 Å². The van der Waals surface area contributed by atoms with Crippen molar-refractivity contribution in [2.24, 2.45) is 7.05 Å². The average Bonchev–Trinajstić information content (AvgIpc) is 2.39. The molecule has 3 nitrogen and oxygen atoms in total. The zero-order chi connectivity index (χ0) is 12.5. The molecule has 0 radical (unpaired) electrons. The summed E-state index contributed by atoms with van der Waals surface area (Å²) >= 11 is 12.3. The van der Waals surface area contributed by atoms with Crippen LogP contribution < -0.4 is 5.32 Å². The van der Waals surface area contributed by atoms with Crippen molar-refractivity contribution >= 4 is 23.2 Å². The fourth-order valence-electron chi connectivity index (χ4n) is 1.32. The largest absolute Gasteiger partial charge is 0.305 e. The third-order valence-electron chi connectivity index (χ3n) is 2.97. The maximum atomic E-state index is 6.17. The second-order valence-corrected chi connectivity index (χ2v) is 5.69. The van der Waals surface area contributed by atoms with Gasteiger partial charge in [-0.3, -0.25) is 4.68 Å². The van der Waals surface area contributed by atoms with E-state index in [9.17, 15) is 0 Å². The van der Waals surface area contributed by atoms with E-state index in [1.54, 1.807) is 4.68 Å². The van der Waals surface area contributed by atoms with E-state index < -0.39 is 0 Å². The lowest BCUT2D eigenvalue weighted by Gasteiger charge is -2.29. The molecule has 0 aliphatic heterocycles. The fourth-order valence-corrected chi connectivity index (χ4v) is 1.63. The van der Waals surface area contributed by atoms with Crippen LogP contribution in [-0.2, 0) is 13.6 Å². The number of aryl methyl sites for hydroxylation is 2. The molecule has 5 heteroatoms. The normalized spacial score (nSPS) is 14.2. The molecule has 0 aliphatic carbocycles. The third kappa shape index (κ3) is 2.90. The van der Waals surface area contributed by atoms with Crippen molar-refractivity contribution in [2.75, 3.05) is 0 Å². The lowest BCUT2D eigenvalue weighted by atomic mass is 10.0. The molecular formula is C11H19Cl2N3. The van der Waals surface area contributed by atoms with Crippen LogP contribution in [-0.4, -0.2) is 20.7 Å². The van der Waals surface area contributed by atoms with Gasteiger partial charge in [-0.05, 0) is 27.7 Å². The first-order valence-electron chi connectivity index (χ1n) is 5.32. The van der Waals surface area contributed by atoms with Crippen molar-refractivity contribution in [3.63, 3.8) is 0 Å². The van der Waals surface area contributed by atoms with Crippen molar-refractivity contribution in [1.82, 2.24) is 15.1 Å². The maximum Gasteiger partial charge on any atom is 0.0860 e. The Balaban J connectivity index is 2.75. The van der Waals surface area contributed by atoms with Gasteiger partial charge in [-0.25, -0.2) is 0 Å². The number of nitrogens with one attached hydrogen (secondary N) is 1. The molecule has 1 N–H and O–H groups in total. The molecule has 0 saturated heterocycles. The number of nitrogens with zero attached hydrogens (tertiary/aromatic N) is 2. The summed E-state index contributed by atoms with van der Waals surface area (Å²) in [5.41, 5.74) is 1.71. The molecule has 0 spiro atoms. The highest BCUT2D eigenvalue weighted by atomic mass is 35.5. The summed E-state index contributed by atoms with van der Waals surface area (Å²) in [5, 5.41) is 8.43. The van der Waals surface area contributed by atoms with Gasteiger partial charge in [0.1, 0.15) is 0 Å². The molecule has 0 saturated carbocycles. The van der Waals surface area contributed by atoms with Gasteiger partial charge in [-0.15, -0.1) is 11.6 Å². The molecule has 16 heavy (non-hydrogen) atoms. The van der Waals surface area contributed by atoms with Crippen molar-refractivity contribution < 1.29 is 0 Å². The van der Waals surface area contributed by atoms with Gasteiger partial charge in [0.15, 0.2) is 0 Å². The van der Waals surface area contributed by atoms with Crippen molar-refractivity contribution in [3.05, 3.63) is 16.4 Å². The van der Waals surface area contributed by atoms with Gasteiger partial charge in [0, 0.05) is 24.5 Å². The Morgan fingerprint density at radius 1 is 1.50 bits per heavy atom. The summed E-state index contributed by atoms with van der Waals surface area (Å²) in [6.07, 6.45) is 0. The summed E-state index contributed by atoms with van der Waals surface area (Å²) in [7, 11) is 1.90. The first-order chi connectivity index (χ1) is 7.25. The monoisotopic (exact) mass is 263 g/mol. The van der Waals surface area contributed by atoms with Crippen molar-refractivity contribution in [1.29, 1.82) is 0 Å². The zero-order valence-corrected chi connectivity index (χ0v) is 11.9. The lowest BCUT2D eigenvalue weighted by molar-refractivity contribution is 0.374. The summed E-state index contributed by atoms with van der Waals surface area (Å²) in [5.74, 6) is 0. The number of halogens is 2. The van der Waals surface area contributed by atoms with Crippen LogP contribution in [0.2, 0.25) is 5.02 Å². The highest BCUT2D eigenvalue weighted by Crippen LogP contribution is 2.21. The standard InChI is InChI=1S/C11H19Cl2N3/c1-7-10(13)9(16(5)15-7)6-14-11(3,4)8(2)12/h8,14H,6H2,1-5H3. The number of hydrogen-bond donors (Lipinski definition) is 1. The SMILES string of the molecule is Cc1nn(C)c(CNC(C)(C)C(C)Cl)c1Cl. The Labute approximate surface area is 107 Å². The van der Waals surface area contributed by atoms with E-state index in [4.69, 9.17) is 23.2 Å². The van der Waals surface area contributed by atoms with Gasteiger partial charge < -0.3 is 5.32 Å². The van der Waals surface area contributed by atoms with Crippen LogP contribution in [0.15, 0.2) is 0 Å². The van der Waals surface area contributed by atoms with Gasteiger partial charge in [0.2, 0.25) is 0 Å². The van der Waals surface area contributed by atoms with E-state index >= 15 is 0 Å². The summed E-state index contributed by atoms with van der Waals surface area (Å²) < 4.78 is 1.81. The number of alkyl halides is 1. The van der Waals surface area contributed by atoms with Crippen molar-refractivity contribution in [2.45, 2.75) is 45.2 Å². The molecule has 1 rings (SSSR count). The Bertz CT molecular complexity index is 370. The van der Waals surface area contributed by atoms with E-state index in [2.05, 4.69) is 24.3 Å². The van der Waals surface area contributed by atoms with Gasteiger partial charge in [0.25, 0.3) is 0 Å². The van der Waals surface area contributed by atoms with Crippen LogP contribution in [0, 0.1) is 6.92 Å². The van der Waals surface area contributed by atoms with Gasteiger partial charge >= 0.3 is 0 Å². The van der Waals surface area contributed by atoms with E-state index in [0.29, 0.717) is 6.54 Å². The van der Waals surface area contributed by atoms with Crippen LogP contribution in [0.4, 0.5) is 0 Å². The average molecular weight is 264 g/mol. The molecule has 92 valence electrons. The van der Waals surface area contributed by atoms with Gasteiger partial charge in [-0.1, -0.05) is 11.6 Å². The highest BCUT2D eigenvalue weighted by Gasteiger charge is 2.24. The lowest BCUT2D eigenvalue weighted by Crippen LogP contribution is -2.45. The molecular weight excluding hydrogens is 245 g/mol. The predicted molar refractivity (Wildman–Crippen MR) is 69.2 cm³/mol. The third-order valence-corrected chi connectivity index (χ3v) is 4.00. The van der Waals surface area contributed by atoms with Crippen LogP contribution in [0.25, 0.3) is 0 Å². The predicted octanol–water partition coefficient (Wildman–Crippen LogP) is 2.88. The maximum absolute atomic E-state index is 6.17. The quantitative estimate of drug-likeness (QED) is 0.847. The minimum Gasteiger partial charge on any atom is -0.305 e. The minimum absolute atomic E-state index is 0.0422. The molecule has 1 unspecified atom stereocenters. The number of rotatable bonds is 4. The summed E-state index contributed by atoms with van der Waals surface area (Å²) in [6.45, 7) is 8.69. The molecule has 1 aromatic rings. The van der Waals surface area contributed by atoms with Crippen LogP contribution >= 0.6 is 23.2 Å². The Kier molecular flexibility index (Phi) is 4.27. The highest BCUT2D eigenvalue weighted by molar-refractivity contribution is 6.31. The van der Waals surface area contributed by atoms with Crippen molar-refractivity contribution in [3.8, 4) is 0 Å². The number of aromatic nitrogens is 2. The Morgan fingerprint density at radius 2 is 2.06 bits per heavy atom. The first kappa shape index (κ1) is 13.8. The smallest absolute Gasteiger partial charge is 0.0860 e. The van der Waals surface area contributed by atoms with Gasteiger partial charge in [0.05, 0.1) is 16.4 Å². The van der Waals surface area contributed by atoms with E-state index in [0.717, 1.165) is 16.4 Å². The fraction of sp³-hybridized carbons (Fsp3) is 0.727. The molecule has 0 aliphatic rings.